The molecule has 0 saturated heterocycles. The van der Waals surface area contributed by atoms with Crippen LogP contribution in [0.15, 0.2) is 33.9 Å². The number of rotatable bonds is 6. The van der Waals surface area contributed by atoms with E-state index in [9.17, 15) is 14.4 Å². The van der Waals surface area contributed by atoms with E-state index < -0.39 is 17.3 Å². The summed E-state index contributed by atoms with van der Waals surface area (Å²) in [6.45, 7) is 3.70. The average molecular weight is 322 g/mol. The molecule has 2 aromatic rings. The number of aromatic amines is 1. The first-order chi connectivity index (χ1) is 11.0. The van der Waals surface area contributed by atoms with E-state index in [4.69, 9.17) is 9.62 Å². The molecule has 8 nitrogen and oxygen atoms in total. The van der Waals surface area contributed by atoms with Gasteiger partial charge in [0.25, 0.3) is 0 Å². The quantitative estimate of drug-likeness (QED) is 0.285. The summed E-state index contributed by atoms with van der Waals surface area (Å²) in [5.41, 5.74) is -0.114. The lowest BCUT2D eigenvalue weighted by Gasteiger charge is -2.10. The largest absolute Gasteiger partial charge is 0.540 e. The predicted octanol–water partition coefficient (Wildman–Crippen LogP) is 1.57. The maximum Gasteiger partial charge on any atom is 0.540 e. The minimum absolute atomic E-state index is 0.0702. The molecule has 0 aliphatic rings. The van der Waals surface area contributed by atoms with Crippen molar-refractivity contribution in [1.82, 2.24) is 9.55 Å². The van der Waals surface area contributed by atoms with Crippen LogP contribution in [0.5, 0.6) is 0 Å². The van der Waals surface area contributed by atoms with Crippen molar-refractivity contribution in [3.8, 4) is 0 Å². The second-order valence-corrected chi connectivity index (χ2v) is 5.10. The number of fused-ring (bicyclic) bond motifs is 1. The standard InChI is InChI=1S/C15H18N2O6/c1-10(2)22-15(20)23-21-9-5-8-17-12-7-4-3-6-11(12)16-13(18)14(17)19/h3-4,6-7,10H,5,8-9H2,1-2H3,(H,16,18). The number of nitrogens with zero attached hydrogens (tertiary/aromatic N) is 1. The number of nitrogens with one attached hydrogen (secondary N) is 1. The Kier molecular flexibility index (Phi) is 5.53. The van der Waals surface area contributed by atoms with Crippen LogP contribution in [0.3, 0.4) is 0 Å². The highest BCUT2D eigenvalue weighted by Gasteiger charge is 2.09. The van der Waals surface area contributed by atoms with Crippen LogP contribution in [-0.2, 0) is 21.1 Å². The molecule has 2 rings (SSSR count). The van der Waals surface area contributed by atoms with E-state index >= 15 is 0 Å². The smallest absolute Gasteiger partial charge is 0.430 e. The van der Waals surface area contributed by atoms with Gasteiger partial charge >= 0.3 is 17.3 Å². The number of carbonyl (C=O) groups is 1. The Balaban J connectivity index is 1.95. The molecule has 0 atom stereocenters. The third-order valence-corrected chi connectivity index (χ3v) is 2.95. The van der Waals surface area contributed by atoms with Crippen LogP contribution in [0, 0.1) is 0 Å². The molecule has 1 N–H and O–H groups in total. The number of hydrogen-bond acceptors (Lipinski definition) is 6. The topological polar surface area (TPSA) is 99.6 Å². The number of aromatic nitrogens is 2. The number of carbonyl (C=O) groups excluding carboxylic acids is 1. The van der Waals surface area contributed by atoms with Crippen LogP contribution >= 0.6 is 0 Å². The highest BCUT2D eigenvalue weighted by molar-refractivity contribution is 5.74. The zero-order valence-electron chi connectivity index (χ0n) is 12.9. The Bertz CT molecular complexity index is 792. The molecule has 0 aliphatic heterocycles. The van der Waals surface area contributed by atoms with Crippen molar-refractivity contribution in [3.63, 3.8) is 0 Å². The summed E-state index contributed by atoms with van der Waals surface area (Å²) in [6, 6.07) is 7.00. The van der Waals surface area contributed by atoms with E-state index in [2.05, 4.69) is 9.87 Å². The molecular formula is C15H18N2O6. The molecule has 0 amide bonds. The molecule has 1 aromatic heterocycles. The van der Waals surface area contributed by atoms with Gasteiger partial charge in [-0.25, -0.2) is 4.79 Å². The second kappa shape index (κ2) is 7.59. The van der Waals surface area contributed by atoms with Gasteiger partial charge in [0.2, 0.25) is 0 Å². The second-order valence-electron chi connectivity index (χ2n) is 5.10. The zero-order valence-corrected chi connectivity index (χ0v) is 12.9. The fourth-order valence-corrected chi connectivity index (χ4v) is 2.03. The Morgan fingerprint density at radius 1 is 1.26 bits per heavy atom. The molecule has 1 aromatic carbocycles. The molecule has 0 radical (unpaired) electrons. The van der Waals surface area contributed by atoms with Gasteiger partial charge in [0.05, 0.1) is 23.7 Å². The molecule has 0 fully saturated rings. The van der Waals surface area contributed by atoms with Crippen molar-refractivity contribution in [2.24, 2.45) is 0 Å². The van der Waals surface area contributed by atoms with E-state index in [0.717, 1.165) is 0 Å². The number of ether oxygens (including phenoxy) is 1. The van der Waals surface area contributed by atoms with Gasteiger partial charge in [-0.1, -0.05) is 12.1 Å². The van der Waals surface area contributed by atoms with Crippen LogP contribution in [-0.4, -0.2) is 28.4 Å². The van der Waals surface area contributed by atoms with Crippen LogP contribution in [0.1, 0.15) is 20.3 Å². The summed E-state index contributed by atoms with van der Waals surface area (Å²) >= 11 is 0. The minimum Gasteiger partial charge on any atom is -0.430 e. The summed E-state index contributed by atoms with van der Waals surface area (Å²) in [4.78, 5) is 46.3. The van der Waals surface area contributed by atoms with Crippen molar-refractivity contribution in [3.05, 3.63) is 45.0 Å². The van der Waals surface area contributed by atoms with E-state index in [1.54, 1.807) is 38.1 Å². The zero-order chi connectivity index (χ0) is 16.8. The van der Waals surface area contributed by atoms with Crippen LogP contribution in [0.25, 0.3) is 11.0 Å². The normalized spacial score (nSPS) is 10.9. The Morgan fingerprint density at radius 2 is 2.00 bits per heavy atom. The van der Waals surface area contributed by atoms with Gasteiger partial charge in [-0.2, -0.15) is 4.89 Å². The van der Waals surface area contributed by atoms with Gasteiger partial charge in [0, 0.05) is 6.54 Å². The molecule has 1 heterocycles. The summed E-state index contributed by atoms with van der Waals surface area (Å²) in [5, 5.41) is 0. The van der Waals surface area contributed by atoms with Crippen LogP contribution in [0.4, 0.5) is 4.79 Å². The average Bonchev–Trinajstić information content (AvgIpc) is 2.49. The van der Waals surface area contributed by atoms with E-state index in [1.165, 1.54) is 4.57 Å². The molecule has 0 saturated carbocycles. The van der Waals surface area contributed by atoms with Crippen molar-refractivity contribution in [2.75, 3.05) is 6.61 Å². The number of para-hydroxylation sites is 2. The number of aryl methyl sites for hydroxylation is 1. The molecule has 0 spiro atoms. The van der Waals surface area contributed by atoms with Gasteiger partial charge in [0.15, 0.2) is 0 Å². The van der Waals surface area contributed by atoms with E-state index in [0.29, 0.717) is 17.5 Å². The van der Waals surface area contributed by atoms with E-state index in [-0.39, 0.29) is 19.3 Å². The maximum atomic E-state index is 11.9. The monoisotopic (exact) mass is 322 g/mol. The molecule has 0 aliphatic carbocycles. The molecule has 0 bridgehead atoms. The van der Waals surface area contributed by atoms with Gasteiger partial charge in [0.1, 0.15) is 0 Å². The van der Waals surface area contributed by atoms with Gasteiger partial charge in [-0.15, -0.1) is 0 Å². The fraction of sp³-hybridized carbons (Fsp3) is 0.400. The van der Waals surface area contributed by atoms with Crippen molar-refractivity contribution >= 4 is 17.2 Å². The molecule has 23 heavy (non-hydrogen) atoms. The highest BCUT2D eigenvalue weighted by atomic mass is 17.2. The lowest BCUT2D eigenvalue weighted by molar-refractivity contribution is -0.257. The van der Waals surface area contributed by atoms with Crippen molar-refractivity contribution in [1.29, 1.82) is 0 Å². The Labute approximate surface area is 131 Å². The SMILES string of the molecule is CC(C)OC(=O)OOCCCn1c(=O)c(=O)[nH]c2ccccc21. The maximum absolute atomic E-state index is 11.9. The lowest BCUT2D eigenvalue weighted by atomic mass is 10.3. The van der Waals surface area contributed by atoms with Crippen molar-refractivity contribution < 1.29 is 19.3 Å². The lowest BCUT2D eigenvalue weighted by Crippen LogP contribution is -2.36. The first kappa shape index (κ1) is 16.8. The predicted molar refractivity (Wildman–Crippen MR) is 82.1 cm³/mol. The van der Waals surface area contributed by atoms with Crippen LogP contribution < -0.4 is 11.1 Å². The number of H-pyrrole nitrogens is 1. The van der Waals surface area contributed by atoms with Gasteiger partial charge < -0.3 is 14.3 Å². The summed E-state index contributed by atoms with van der Waals surface area (Å²) < 4.78 is 6.09. The van der Waals surface area contributed by atoms with Crippen molar-refractivity contribution in [2.45, 2.75) is 32.9 Å². The molecule has 8 heteroatoms. The molecule has 124 valence electrons. The Hall–Kier alpha value is -2.61. The highest BCUT2D eigenvalue weighted by Crippen LogP contribution is 2.07. The van der Waals surface area contributed by atoms with Gasteiger partial charge in [-0.05, 0) is 32.4 Å². The van der Waals surface area contributed by atoms with Crippen LogP contribution in [0.2, 0.25) is 0 Å². The first-order valence-corrected chi connectivity index (χ1v) is 7.21. The first-order valence-electron chi connectivity index (χ1n) is 7.21. The van der Waals surface area contributed by atoms with Gasteiger partial charge in [-0.3, -0.25) is 14.5 Å². The van der Waals surface area contributed by atoms with E-state index in [1.807, 2.05) is 0 Å². The third kappa shape index (κ3) is 4.43. The summed E-state index contributed by atoms with van der Waals surface area (Å²) in [7, 11) is 0. The summed E-state index contributed by atoms with van der Waals surface area (Å²) in [6.07, 6.45) is -0.840. The molecule has 0 unspecified atom stereocenters. The number of benzene rings is 1. The minimum atomic E-state index is -0.918. The number of hydrogen-bond donors (Lipinski definition) is 1. The fourth-order valence-electron chi connectivity index (χ4n) is 2.03. The summed E-state index contributed by atoms with van der Waals surface area (Å²) in [5.74, 6) is 0. The third-order valence-electron chi connectivity index (χ3n) is 2.95. The molecular weight excluding hydrogens is 304 g/mol. The Morgan fingerprint density at radius 3 is 2.74 bits per heavy atom.